The summed E-state index contributed by atoms with van der Waals surface area (Å²) in [7, 11) is 0. The largest absolute Gasteiger partial charge is 0.357 e. The molecule has 58 valence electrons. The molecule has 0 saturated carbocycles. The number of hydrogen-bond donors (Lipinski definition) is 1. The summed E-state index contributed by atoms with van der Waals surface area (Å²) in [6.45, 7) is 3.82. The summed E-state index contributed by atoms with van der Waals surface area (Å²) in [5.74, 6) is 0.990. The van der Waals surface area contributed by atoms with Crippen molar-refractivity contribution in [3.05, 3.63) is 0 Å². The molecule has 0 saturated heterocycles. The highest BCUT2D eigenvalue weighted by Crippen LogP contribution is 2.51. The first kappa shape index (κ1) is 12.9. The van der Waals surface area contributed by atoms with Crippen LogP contribution in [0.15, 0.2) is 0 Å². The van der Waals surface area contributed by atoms with Crippen LogP contribution < -0.4 is 0 Å². The molecule has 0 aliphatic rings. The highest BCUT2D eigenvalue weighted by atomic mass is 35.5. The van der Waals surface area contributed by atoms with Gasteiger partial charge in [-0.05, 0) is 18.8 Å². The number of hydrogen-bond acceptors (Lipinski definition) is 2. The lowest BCUT2D eigenvalue weighted by molar-refractivity contribution is 0.644. The van der Waals surface area contributed by atoms with Crippen molar-refractivity contribution in [2.45, 2.75) is 13.3 Å². The van der Waals surface area contributed by atoms with Gasteiger partial charge in [-0.15, -0.1) is 12.4 Å². The molecule has 0 amide bonds. The molecule has 0 fully saturated rings. The molecule has 0 aliphatic carbocycles. The van der Waals surface area contributed by atoms with E-state index in [-0.39, 0.29) is 12.4 Å². The third kappa shape index (κ3) is 12.4. The molecular weight excluding hydrogens is 195 g/mol. The van der Waals surface area contributed by atoms with Crippen LogP contribution in [0, 0.1) is 0 Å². The lowest BCUT2D eigenvalue weighted by atomic mass is 10.6. The first-order valence-electron chi connectivity index (χ1n) is 2.51. The average Bonchev–Trinajstić information content (AvgIpc) is 1.59. The van der Waals surface area contributed by atoms with E-state index in [2.05, 4.69) is 6.92 Å². The molecule has 1 nitrogen and oxygen atoms in total. The lowest BCUT2D eigenvalue weighted by Crippen LogP contribution is -1.72. The molecule has 0 aliphatic heterocycles. The van der Waals surface area contributed by atoms with Crippen molar-refractivity contribution in [3.63, 3.8) is 0 Å². The Kier molecular flexibility index (Phi) is 8.58. The number of halogens is 1. The van der Waals surface area contributed by atoms with Crippen molar-refractivity contribution in [2.24, 2.45) is 0 Å². The number of rotatable bonds is 3. The highest BCUT2D eigenvalue weighted by molar-refractivity contribution is 8.68. The predicted molar refractivity (Wildman–Crippen MR) is 52.4 cm³/mol. The smallest absolute Gasteiger partial charge is 0.113 e. The summed E-state index contributed by atoms with van der Waals surface area (Å²) in [6.07, 6.45) is 1.09. The fraction of sp³-hybridized carbons (Fsp3) is 1.00. The molecule has 0 rings (SSSR count). The Bertz CT molecular complexity index is 103. The molecule has 1 N–H and O–H groups in total. The maximum absolute atomic E-state index is 9.04. The fourth-order valence-corrected chi connectivity index (χ4v) is 3.02. The van der Waals surface area contributed by atoms with Crippen molar-refractivity contribution >= 4 is 41.1 Å². The average molecular weight is 207 g/mol. The first-order chi connectivity index (χ1) is 3.56. The minimum absolute atomic E-state index is 0. The van der Waals surface area contributed by atoms with Crippen LogP contribution in [0.25, 0.3) is 0 Å². The van der Waals surface area contributed by atoms with E-state index in [4.69, 9.17) is 16.7 Å². The van der Waals surface area contributed by atoms with E-state index in [9.17, 15) is 0 Å². The predicted octanol–water partition coefficient (Wildman–Crippen LogP) is 2.48. The van der Waals surface area contributed by atoms with E-state index >= 15 is 0 Å². The van der Waals surface area contributed by atoms with Gasteiger partial charge in [0.15, 0.2) is 0 Å². The van der Waals surface area contributed by atoms with Crippen molar-refractivity contribution in [1.29, 1.82) is 0 Å². The van der Waals surface area contributed by atoms with Gasteiger partial charge in [0, 0.05) is 0 Å². The summed E-state index contributed by atoms with van der Waals surface area (Å²) in [5.41, 5.74) is -1.93. The van der Waals surface area contributed by atoms with E-state index in [1.807, 2.05) is 0 Å². The standard InChI is InChI=1S/C4H11OPS2.ClH/c1-3-4-8-6(2,5)7;/h3-4H2,1-2H3,(H,5,7);1H. The van der Waals surface area contributed by atoms with Crippen molar-refractivity contribution in [1.82, 2.24) is 0 Å². The minimum Gasteiger partial charge on any atom is -0.357 e. The zero-order valence-electron chi connectivity index (χ0n) is 5.53. The Labute approximate surface area is 71.9 Å². The van der Waals surface area contributed by atoms with Gasteiger partial charge in [0.05, 0.1) is 0 Å². The van der Waals surface area contributed by atoms with E-state index in [0.717, 1.165) is 12.2 Å². The van der Waals surface area contributed by atoms with Crippen LogP contribution in [0.2, 0.25) is 0 Å². The van der Waals surface area contributed by atoms with Gasteiger partial charge in [0.1, 0.15) is 5.47 Å². The van der Waals surface area contributed by atoms with E-state index in [1.165, 1.54) is 11.4 Å². The van der Waals surface area contributed by atoms with Crippen molar-refractivity contribution in [3.8, 4) is 0 Å². The van der Waals surface area contributed by atoms with Gasteiger partial charge >= 0.3 is 0 Å². The summed E-state index contributed by atoms with van der Waals surface area (Å²) in [5, 5.41) is 0. The van der Waals surface area contributed by atoms with E-state index in [0.29, 0.717) is 0 Å². The molecule has 5 heteroatoms. The molecule has 0 aromatic rings. The second-order valence-corrected chi connectivity index (χ2v) is 9.64. The molecule has 0 bridgehead atoms. The first-order valence-corrected chi connectivity index (χ1v) is 7.30. The maximum atomic E-state index is 9.04. The van der Waals surface area contributed by atoms with Gasteiger partial charge in [-0.3, -0.25) is 0 Å². The third-order valence-corrected chi connectivity index (χ3v) is 4.54. The van der Waals surface area contributed by atoms with Crippen molar-refractivity contribution < 1.29 is 4.89 Å². The molecule has 0 heterocycles. The van der Waals surface area contributed by atoms with Gasteiger partial charge in [-0.25, -0.2) is 0 Å². The summed E-state index contributed by atoms with van der Waals surface area (Å²) < 4.78 is 0. The molecule has 9 heavy (non-hydrogen) atoms. The highest BCUT2D eigenvalue weighted by Gasteiger charge is 2.01. The molecule has 0 aromatic carbocycles. The molecule has 1 unspecified atom stereocenters. The summed E-state index contributed by atoms with van der Waals surface area (Å²) in [4.78, 5) is 9.04. The van der Waals surface area contributed by atoms with Crippen LogP contribution in [0.1, 0.15) is 13.3 Å². The maximum Gasteiger partial charge on any atom is 0.113 e. The van der Waals surface area contributed by atoms with Gasteiger partial charge in [0.2, 0.25) is 0 Å². The topological polar surface area (TPSA) is 20.2 Å². The Balaban J connectivity index is 0. The van der Waals surface area contributed by atoms with Crippen LogP contribution in [0.4, 0.5) is 0 Å². The molecule has 0 spiro atoms. The summed E-state index contributed by atoms with van der Waals surface area (Å²) >= 11 is 6.29. The zero-order valence-corrected chi connectivity index (χ0v) is 8.88. The quantitative estimate of drug-likeness (QED) is 0.717. The van der Waals surface area contributed by atoms with Crippen LogP contribution in [-0.2, 0) is 11.8 Å². The Morgan fingerprint density at radius 2 is 2.11 bits per heavy atom. The lowest BCUT2D eigenvalue weighted by Gasteiger charge is -2.04. The van der Waals surface area contributed by atoms with Gasteiger partial charge < -0.3 is 4.89 Å². The van der Waals surface area contributed by atoms with Crippen LogP contribution >= 0.6 is 29.3 Å². The molecular formula is C4H12ClOPS2. The van der Waals surface area contributed by atoms with Gasteiger partial charge in [0.25, 0.3) is 0 Å². The summed E-state index contributed by atoms with van der Waals surface area (Å²) in [6, 6.07) is 0. The normalized spacial score (nSPS) is 15.9. The van der Waals surface area contributed by atoms with Crippen molar-refractivity contribution in [2.75, 3.05) is 12.4 Å². The van der Waals surface area contributed by atoms with Crippen LogP contribution in [-0.4, -0.2) is 17.3 Å². The van der Waals surface area contributed by atoms with Crippen LogP contribution in [0.3, 0.4) is 0 Å². The van der Waals surface area contributed by atoms with Gasteiger partial charge in [-0.2, -0.15) is 0 Å². The molecule has 0 aromatic heterocycles. The Morgan fingerprint density at radius 3 is 2.22 bits per heavy atom. The zero-order chi connectivity index (χ0) is 6.62. The molecule has 0 radical (unpaired) electrons. The van der Waals surface area contributed by atoms with Gasteiger partial charge in [-0.1, -0.05) is 30.1 Å². The third-order valence-electron chi connectivity index (χ3n) is 0.535. The second-order valence-electron chi connectivity index (χ2n) is 1.64. The van der Waals surface area contributed by atoms with E-state index < -0.39 is 5.47 Å². The second kappa shape index (κ2) is 5.99. The van der Waals surface area contributed by atoms with E-state index in [1.54, 1.807) is 6.66 Å². The fourth-order valence-electron chi connectivity index (χ4n) is 0.261. The monoisotopic (exact) mass is 206 g/mol. The SMILES string of the molecule is CCCSP(C)(O)=S.Cl. The van der Waals surface area contributed by atoms with Crippen LogP contribution in [0.5, 0.6) is 0 Å². The minimum atomic E-state index is -1.93. The Hall–Kier alpha value is 1.25. The Morgan fingerprint density at radius 1 is 1.67 bits per heavy atom. The molecule has 1 atom stereocenters.